The molecule has 1 aromatic heterocycles. The van der Waals surface area contributed by atoms with Gasteiger partial charge in [-0.15, -0.1) is 0 Å². The van der Waals surface area contributed by atoms with E-state index in [0.717, 1.165) is 39.0 Å². The normalized spacial score (nSPS) is 15.8. The summed E-state index contributed by atoms with van der Waals surface area (Å²) in [5.74, 6) is 0.865. The van der Waals surface area contributed by atoms with Crippen molar-refractivity contribution in [1.29, 1.82) is 5.26 Å². The standard InChI is InChI=1S/C20H16N2O2/c1-11-16-9-13(24-3)5-7-14(16)20(23)18-15-6-4-12(10-21)8-17(15)22(2)19(11)18/h4-9,11H,1-3H3. The van der Waals surface area contributed by atoms with Gasteiger partial charge in [0.15, 0.2) is 5.78 Å². The Morgan fingerprint density at radius 3 is 2.71 bits per heavy atom. The molecule has 0 N–H and O–H groups in total. The van der Waals surface area contributed by atoms with E-state index in [-0.39, 0.29) is 11.7 Å². The Balaban J connectivity index is 2.05. The van der Waals surface area contributed by atoms with Gasteiger partial charge in [-0.3, -0.25) is 4.79 Å². The highest BCUT2D eigenvalue weighted by molar-refractivity contribution is 6.20. The molecule has 4 rings (SSSR count). The number of aromatic nitrogens is 1. The summed E-state index contributed by atoms with van der Waals surface area (Å²) in [6.45, 7) is 2.10. The largest absolute Gasteiger partial charge is 0.497 e. The van der Waals surface area contributed by atoms with Crippen LogP contribution in [0.15, 0.2) is 36.4 Å². The number of ether oxygens (including phenoxy) is 1. The molecule has 0 saturated heterocycles. The molecule has 1 atom stereocenters. The number of ketones is 1. The lowest BCUT2D eigenvalue weighted by atomic mass is 9.81. The van der Waals surface area contributed by atoms with Crippen LogP contribution in [0, 0.1) is 11.3 Å². The molecule has 1 aliphatic carbocycles. The minimum Gasteiger partial charge on any atom is -0.497 e. The first kappa shape index (κ1) is 14.5. The van der Waals surface area contributed by atoms with Gasteiger partial charge in [-0.1, -0.05) is 13.0 Å². The first-order valence-electron chi connectivity index (χ1n) is 7.82. The Bertz CT molecular complexity index is 1050. The van der Waals surface area contributed by atoms with Crippen LogP contribution in [0.4, 0.5) is 0 Å². The van der Waals surface area contributed by atoms with Crippen LogP contribution < -0.4 is 4.74 Å². The maximum Gasteiger partial charge on any atom is 0.195 e. The predicted molar refractivity (Wildman–Crippen MR) is 91.6 cm³/mol. The number of hydrogen-bond donors (Lipinski definition) is 0. The van der Waals surface area contributed by atoms with Crippen molar-refractivity contribution in [1.82, 2.24) is 4.57 Å². The van der Waals surface area contributed by atoms with Gasteiger partial charge >= 0.3 is 0 Å². The lowest BCUT2D eigenvalue weighted by molar-refractivity contribution is 0.103. The molecule has 4 nitrogen and oxygen atoms in total. The lowest BCUT2D eigenvalue weighted by Crippen LogP contribution is -2.19. The summed E-state index contributed by atoms with van der Waals surface area (Å²) in [6.07, 6.45) is 0. The molecule has 0 aliphatic heterocycles. The highest BCUT2D eigenvalue weighted by atomic mass is 16.5. The fourth-order valence-electron chi connectivity index (χ4n) is 3.79. The van der Waals surface area contributed by atoms with Crippen LogP contribution in [0.5, 0.6) is 5.75 Å². The van der Waals surface area contributed by atoms with E-state index in [4.69, 9.17) is 10.00 Å². The molecular weight excluding hydrogens is 300 g/mol. The zero-order chi connectivity index (χ0) is 17.0. The molecule has 118 valence electrons. The van der Waals surface area contributed by atoms with Crippen LogP contribution in [0.2, 0.25) is 0 Å². The van der Waals surface area contributed by atoms with Gasteiger partial charge < -0.3 is 9.30 Å². The first-order chi connectivity index (χ1) is 11.6. The summed E-state index contributed by atoms with van der Waals surface area (Å²) in [4.78, 5) is 13.1. The number of rotatable bonds is 1. The summed E-state index contributed by atoms with van der Waals surface area (Å²) in [7, 11) is 3.58. The van der Waals surface area contributed by atoms with E-state index in [1.54, 1.807) is 13.2 Å². The number of hydrogen-bond acceptors (Lipinski definition) is 3. The van der Waals surface area contributed by atoms with Crippen molar-refractivity contribution in [3.8, 4) is 11.8 Å². The van der Waals surface area contributed by atoms with Crippen molar-refractivity contribution in [2.75, 3.05) is 7.11 Å². The van der Waals surface area contributed by atoms with Crippen LogP contribution in [-0.2, 0) is 7.05 Å². The predicted octanol–water partition coefficient (Wildman–Crippen LogP) is 3.75. The summed E-state index contributed by atoms with van der Waals surface area (Å²) < 4.78 is 7.36. The lowest BCUT2D eigenvalue weighted by Gasteiger charge is -2.24. The first-order valence-corrected chi connectivity index (χ1v) is 7.82. The third-order valence-corrected chi connectivity index (χ3v) is 4.98. The fraction of sp³-hybridized carbons (Fsp3) is 0.200. The van der Waals surface area contributed by atoms with Gasteiger partial charge in [-0.25, -0.2) is 0 Å². The molecule has 24 heavy (non-hydrogen) atoms. The molecule has 0 radical (unpaired) electrons. The topological polar surface area (TPSA) is 55.0 Å². The number of carbonyl (C=O) groups excluding carboxylic acids is 1. The molecule has 0 saturated carbocycles. The Morgan fingerprint density at radius 1 is 1.21 bits per heavy atom. The van der Waals surface area contributed by atoms with Gasteiger partial charge in [0.1, 0.15) is 5.75 Å². The Kier molecular flexibility index (Phi) is 3.01. The summed E-state index contributed by atoms with van der Waals surface area (Å²) in [5, 5.41) is 10.1. The molecule has 0 spiro atoms. The number of aryl methyl sites for hydroxylation is 1. The van der Waals surface area contributed by atoms with Crippen LogP contribution >= 0.6 is 0 Å². The third kappa shape index (κ3) is 1.75. The third-order valence-electron chi connectivity index (χ3n) is 4.98. The van der Waals surface area contributed by atoms with E-state index >= 15 is 0 Å². The highest BCUT2D eigenvalue weighted by Crippen LogP contribution is 2.42. The maximum atomic E-state index is 13.1. The molecular formula is C20H16N2O2. The number of fused-ring (bicyclic) bond motifs is 4. The molecule has 2 aromatic carbocycles. The van der Waals surface area contributed by atoms with Gasteiger partial charge in [0.05, 0.1) is 29.8 Å². The van der Waals surface area contributed by atoms with E-state index in [1.165, 1.54) is 0 Å². The van der Waals surface area contributed by atoms with Crippen LogP contribution in [0.1, 0.15) is 45.6 Å². The number of nitriles is 1. The SMILES string of the molecule is COc1ccc2c(c1)C(C)c1c(c3ccc(C#N)cc3n1C)C2=O. The van der Waals surface area contributed by atoms with Gasteiger partial charge in [-0.2, -0.15) is 5.26 Å². The molecule has 3 aromatic rings. The second kappa shape index (κ2) is 4.97. The summed E-state index contributed by atoms with van der Waals surface area (Å²) in [5.41, 5.74) is 4.97. The van der Waals surface area contributed by atoms with E-state index in [2.05, 4.69) is 13.0 Å². The van der Waals surface area contributed by atoms with E-state index in [1.807, 2.05) is 41.9 Å². The molecule has 0 amide bonds. The monoisotopic (exact) mass is 316 g/mol. The molecule has 4 heteroatoms. The van der Waals surface area contributed by atoms with Crippen LogP contribution in [0.3, 0.4) is 0 Å². The second-order valence-corrected chi connectivity index (χ2v) is 6.17. The van der Waals surface area contributed by atoms with Gasteiger partial charge in [0, 0.05) is 29.6 Å². The van der Waals surface area contributed by atoms with Crippen LogP contribution in [0.25, 0.3) is 10.9 Å². The average molecular weight is 316 g/mol. The van der Waals surface area contributed by atoms with Crippen molar-refractivity contribution in [2.45, 2.75) is 12.8 Å². The van der Waals surface area contributed by atoms with Crippen LogP contribution in [-0.4, -0.2) is 17.5 Å². The highest BCUT2D eigenvalue weighted by Gasteiger charge is 2.33. The quantitative estimate of drug-likeness (QED) is 0.687. The second-order valence-electron chi connectivity index (χ2n) is 6.17. The van der Waals surface area contributed by atoms with Crippen molar-refractivity contribution in [2.24, 2.45) is 7.05 Å². The van der Waals surface area contributed by atoms with Crippen molar-refractivity contribution < 1.29 is 9.53 Å². The molecule has 0 bridgehead atoms. The number of nitrogens with zero attached hydrogens (tertiary/aromatic N) is 2. The molecule has 1 heterocycles. The molecule has 1 unspecified atom stereocenters. The Hall–Kier alpha value is -3.06. The van der Waals surface area contributed by atoms with E-state index in [0.29, 0.717) is 5.56 Å². The fourth-order valence-corrected chi connectivity index (χ4v) is 3.79. The Morgan fingerprint density at radius 2 is 2.00 bits per heavy atom. The minimum absolute atomic E-state index is 0.0380. The van der Waals surface area contributed by atoms with E-state index < -0.39 is 0 Å². The summed E-state index contributed by atoms with van der Waals surface area (Å²) >= 11 is 0. The number of benzene rings is 2. The smallest absolute Gasteiger partial charge is 0.195 e. The zero-order valence-corrected chi connectivity index (χ0v) is 13.8. The van der Waals surface area contributed by atoms with E-state index in [9.17, 15) is 4.79 Å². The molecule has 1 aliphatic rings. The van der Waals surface area contributed by atoms with Gasteiger partial charge in [0.2, 0.25) is 0 Å². The molecule has 0 fully saturated rings. The van der Waals surface area contributed by atoms with Crippen molar-refractivity contribution in [3.63, 3.8) is 0 Å². The zero-order valence-electron chi connectivity index (χ0n) is 13.8. The number of carbonyl (C=O) groups is 1. The maximum absolute atomic E-state index is 13.1. The minimum atomic E-state index is 0.0380. The van der Waals surface area contributed by atoms with Gasteiger partial charge in [0.25, 0.3) is 0 Å². The van der Waals surface area contributed by atoms with Gasteiger partial charge in [-0.05, 0) is 35.9 Å². The Labute approximate surface area is 139 Å². The average Bonchev–Trinajstić information content (AvgIpc) is 2.91. The summed E-state index contributed by atoms with van der Waals surface area (Å²) in [6, 6.07) is 13.3. The van der Waals surface area contributed by atoms with Crippen molar-refractivity contribution >= 4 is 16.7 Å². The number of methoxy groups -OCH3 is 1. The van der Waals surface area contributed by atoms with Crippen molar-refractivity contribution in [3.05, 3.63) is 64.3 Å².